The van der Waals surface area contributed by atoms with Crippen LogP contribution in [0.15, 0.2) is 4.79 Å². The average Bonchev–Trinajstić information content (AvgIpc) is 2.17. The van der Waals surface area contributed by atoms with Crippen LogP contribution >= 0.6 is 0 Å². The summed E-state index contributed by atoms with van der Waals surface area (Å²) in [6.07, 6.45) is 0. The molecule has 1 aromatic heterocycles. The molecule has 7 nitrogen and oxygen atoms in total. The van der Waals surface area contributed by atoms with Crippen molar-refractivity contribution in [2.75, 3.05) is 7.11 Å². The van der Waals surface area contributed by atoms with Crippen molar-refractivity contribution in [3.8, 4) is 6.07 Å². The first-order chi connectivity index (χ1) is 7.52. The minimum atomic E-state index is -0.641. The number of rotatable bonds is 3. The van der Waals surface area contributed by atoms with E-state index in [-0.39, 0.29) is 29.1 Å². The lowest BCUT2D eigenvalue weighted by Gasteiger charge is -2.05. The Morgan fingerprint density at radius 1 is 1.62 bits per heavy atom. The third kappa shape index (κ3) is 1.92. The fourth-order valence-electron chi connectivity index (χ4n) is 1.42. The number of nitriles is 1. The van der Waals surface area contributed by atoms with E-state index in [0.717, 1.165) is 0 Å². The quantitative estimate of drug-likeness (QED) is 0.596. The van der Waals surface area contributed by atoms with Gasteiger partial charge in [0.15, 0.2) is 0 Å². The summed E-state index contributed by atoms with van der Waals surface area (Å²) in [5.41, 5.74) is -1.08. The summed E-state index contributed by atoms with van der Waals surface area (Å²) in [5.74, 6) is 0. The number of H-pyrrole nitrogens is 1. The summed E-state index contributed by atoms with van der Waals surface area (Å²) in [4.78, 5) is 23.8. The highest BCUT2D eigenvalue weighted by atomic mass is 16.6. The third-order valence-electron chi connectivity index (χ3n) is 2.05. The van der Waals surface area contributed by atoms with E-state index >= 15 is 0 Å². The second-order valence-electron chi connectivity index (χ2n) is 3.08. The normalized spacial score (nSPS) is 9.81. The lowest BCUT2D eigenvalue weighted by molar-refractivity contribution is -0.386. The molecule has 0 aromatic carbocycles. The molecule has 16 heavy (non-hydrogen) atoms. The van der Waals surface area contributed by atoms with E-state index in [1.54, 1.807) is 6.07 Å². The van der Waals surface area contributed by atoms with Crippen LogP contribution in [0.5, 0.6) is 0 Å². The van der Waals surface area contributed by atoms with Crippen LogP contribution in [-0.4, -0.2) is 17.0 Å². The van der Waals surface area contributed by atoms with Crippen molar-refractivity contribution in [3.63, 3.8) is 0 Å². The molecule has 84 valence electrons. The van der Waals surface area contributed by atoms with Crippen molar-refractivity contribution in [2.24, 2.45) is 0 Å². The highest BCUT2D eigenvalue weighted by Crippen LogP contribution is 2.23. The summed E-state index contributed by atoms with van der Waals surface area (Å²) in [5, 5.41) is 19.6. The fourth-order valence-corrected chi connectivity index (χ4v) is 1.42. The first-order valence-electron chi connectivity index (χ1n) is 4.32. The van der Waals surface area contributed by atoms with E-state index in [4.69, 9.17) is 10.00 Å². The van der Waals surface area contributed by atoms with Gasteiger partial charge < -0.3 is 9.72 Å². The lowest BCUT2D eigenvalue weighted by atomic mass is 10.1. The number of pyridine rings is 1. The molecule has 7 heteroatoms. The molecule has 0 radical (unpaired) electrons. The second-order valence-corrected chi connectivity index (χ2v) is 3.08. The third-order valence-corrected chi connectivity index (χ3v) is 2.05. The number of nitro groups is 1. The van der Waals surface area contributed by atoms with Gasteiger partial charge in [-0.3, -0.25) is 14.9 Å². The Bertz CT molecular complexity index is 527. The summed E-state index contributed by atoms with van der Waals surface area (Å²) >= 11 is 0. The van der Waals surface area contributed by atoms with Gasteiger partial charge in [-0.15, -0.1) is 0 Å². The Labute approximate surface area is 90.4 Å². The average molecular weight is 223 g/mol. The number of aryl methyl sites for hydroxylation is 1. The number of nitrogens with zero attached hydrogens (tertiary/aromatic N) is 2. The Hall–Kier alpha value is -2.20. The van der Waals surface area contributed by atoms with Gasteiger partial charge in [0.1, 0.15) is 11.6 Å². The molecule has 0 amide bonds. The van der Waals surface area contributed by atoms with Crippen molar-refractivity contribution >= 4 is 5.69 Å². The fraction of sp³-hybridized carbons (Fsp3) is 0.333. The van der Waals surface area contributed by atoms with Crippen LogP contribution in [0.25, 0.3) is 0 Å². The molecule has 0 aliphatic carbocycles. The van der Waals surface area contributed by atoms with Crippen LogP contribution in [-0.2, 0) is 11.3 Å². The van der Waals surface area contributed by atoms with Crippen LogP contribution in [0, 0.1) is 28.4 Å². The minimum Gasteiger partial charge on any atom is -0.380 e. The monoisotopic (exact) mass is 223 g/mol. The lowest BCUT2D eigenvalue weighted by Crippen LogP contribution is -2.17. The Morgan fingerprint density at radius 2 is 2.25 bits per heavy atom. The first kappa shape index (κ1) is 11.9. The summed E-state index contributed by atoms with van der Waals surface area (Å²) < 4.78 is 4.76. The molecule has 1 N–H and O–H groups in total. The van der Waals surface area contributed by atoms with Gasteiger partial charge in [0.05, 0.1) is 22.8 Å². The number of nitrogens with one attached hydrogen (secondary N) is 1. The molecule has 0 aliphatic rings. The van der Waals surface area contributed by atoms with Crippen molar-refractivity contribution in [1.82, 2.24) is 4.98 Å². The molecular weight excluding hydrogens is 214 g/mol. The zero-order valence-corrected chi connectivity index (χ0v) is 8.73. The molecule has 0 unspecified atom stereocenters. The Kier molecular flexibility index (Phi) is 3.37. The summed E-state index contributed by atoms with van der Waals surface area (Å²) in [6, 6.07) is 1.64. The molecule has 0 atom stereocenters. The molecule has 1 rings (SSSR count). The molecule has 0 bridgehead atoms. The summed E-state index contributed by atoms with van der Waals surface area (Å²) in [7, 11) is 1.33. The number of hydrogen-bond acceptors (Lipinski definition) is 5. The second kappa shape index (κ2) is 4.55. The number of methoxy groups -OCH3 is 1. The SMILES string of the molecule is COCc1c([N+](=O)[O-])c(C)[nH]c(=O)c1C#N. The zero-order chi connectivity index (χ0) is 12.3. The van der Waals surface area contributed by atoms with E-state index in [0.29, 0.717) is 0 Å². The van der Waals surface area contributed by atoms with Crippen LogP contribution in [0.4, 0.5) is 5.69 Å². The van der Waals surface area contributed by atoms with E-state index in [9.17, 15) is 14.9 Å². The predicted molar refractivity (Wildman–Crippen MR) is 53.9 cm³/mol. The van der Waals surface area contributed by atoms with Crippen molar-refractivity contribution in [2.45, 2.75) is 13.5 Å². The molecule has 0 saturated carbocycles. The maximum atomic E-state index is 11.4. The Balaban J connectivity index is 3.66. The van der Waals surface area contributed by atoms with Crippen LogP contribution in [0.2, 0.25) is 0 Å². The van der Waals surface area contributed by atoms with Crippen LogP contribution in [0.1, 0.15) is 16.8 Å². The van der Waals surface area contributed by atoms with E-state index in [1.807, 2.05) is 0 Å². The van der Waals surface area contributed by atoms with E-state index in [1.165, 1.54) is 14.0 Å². The van der Waals surface area contributed by atoms with Gasteiger partial charge in [0.25, 0.3) is 11.2 Å². The van der Waals surface area contributed by atoms with E-state index in [2.05, 4.69) is 4.98 Å². The van der Waals surface area contributed by atoms with E-state index < -0.39 is 10.5 Å². The highest BCUT2D eigenvalue weighted by molar-refractivity contribution is 5.51. The van der Waals surface area contributed by atoms with Gasteiger partial charge in [-0.25, -0.2) is 0 Å². The maximum Gasteiger partial charge on any atom is 0.295 e. The molecule has 0 spiro atoms. The predicted octanol–water partition coefficient (Wildman–Crippen LogP) is 0.610. The number of ether oxygens (including phenoxy) is 1. The zero-order valence-electron chi connectivity index (χ0n) is 8.73. The van der Waals surface area contributed by atoms with Gasteiger partial charge in [0, 0.05) is 7.11 Å². The van der Waals surface area contributed by atoms with Crippen LogP contribution < -0.4 is 5.56 Å². The molecule has 0 saturated heterocycles. The van der Waals surface area contributed by atoms with Crippen molar-refractivity contribution in [1.29, 1.82) is 5.26 Å². The molecule has 0 fully saturated rings. The number of aromatic amines is 1. The first-order valence-corrected chi connectivity index (χ1v) is 4.32. The van der Waals surface area contributed by atoms with Gasteiger partial charge in [-0.05, 0) is 6.92 Å². The minimum absolute atomic E-state index is 0.0104. The molecule has 1 heterocycles. The molecule has 1 aromatic rings. The van der Waals surface area contributed by atoms with Gasteiger partial charge >= 0.3 is 0 Å². The Morgan fingerprint density at radius 3 is 2.69 bits per heavy atom. The molecular formula is C9H9N3O4. The standard InChI is InChI=1S/C9H9N3O4/c1-5-8(12(14)15)7(4-16-2)6(3-10)9(13)11-5/h4H2,1-2H3,(H,11,13). The van der Waals surface area contributed by atoms with Crippen LogP contribution in [0.3, 0.4) is 0 Å². The number of hydrogen-bond donors (Lipinski definition) is 1. The smallest absolute Gasteiger partial charge is 0.295 e. The summed E-state index contributed by atoms with van der Waals surface area (Å²) in [6.45, 7) is 1.25. The topological polar surface area (TPSA) is 109 Å². The van der Waals surface area contributed by atoms with Gasteiger partial charge in [0.2, 0.25) is 0 Å². The maximum absolute atomic E-state index is 11.4. The van der Waals surface area contributed by atoms with Gasteiger partial charge in [-0.2, -0.15) is 5.26 Å². The van der Waals surface area contributed by atoms with Crippen molar-refractivity contribution in [3.05, 3.63) is 37.3 Å². The largest absolute Gasteiger partial charge is 0.380 e. The highest BCUT2D eigenvalue weighted by Gasteiger charge is 2.23. The van der Waals surface area contributed by atoms with Gasteiger partial charge in [-0.1, -0.05) is 0 Å². The molecule has 0 aliphatic heterocycles. The number of aromatic nitrogens is 1. The van der Waals surface area contributed by atoms with Crippen molar-refractivity contribution < 1.29 is 9.66 Å².